The first-order chi connectivity index (χ1) is 14.9. The van der Waals surface area contributed by atoms with Gasteiger partial charge in [-0.25, -0.2) is 5.43 Å². The number of para-hydroxylation sites is 2. The van der Waals surface area contributed by atoms with Crippen LogP contribution in [0.3, 0.4) is 0 Å². The molecule has 8 nitrogen and oxygen atoms in total. The molecule has 0 aliphatic carbocycles. The first-order valence-corrected chi connectivity index (χ1v) is 9.33. The molecular formula is C23H20N4O4. The summed E-state index contributed by atoms with van der Waals surface area (Å²) in [4.78, 5) is 36.9. The highest BCUT2D eigenvalue weighted by atomic mass is 16.3. The van der Waals surface area contributed by atoms with Crippen LogP contribution in [-0.2, 0) is 9.59 Å². The zero-order valence-electron chi connectivity index (χ0n) is 16.6. The summed E-state index contributed by atoms with van der Waals surface area (Å²) in [5.41, 5.74) is 4.43. The lowest BCUT2D eigenvalue weighted by Gasteiger charge is -2.11. The minimum absolute atomic E-state index is 0.0153. The van der Waals surface area contributed by atoms with Crippen molar-refractivity contribution in [3.63, 3.8) is 0 Å². The molecule has 0 aliphatic rings. The van der Waals surface area contributed by atoms with Gasteiger partial charge in [-0.15, -0.1) is 0 Å². The lowest BCUT2D eigenvalue weighted by Crippen LogP contribution is -2.33. The largest absolute Gasteiger partial charge is 0.507 e. The zero-order valence-corrected chi connectivity index (χ0v) is 16.6. The molecule has 0 aliphatic heterocycles. The van der Waals surface area contributed by atoms with E-state index in [1.807, 2.05) is 25.1 Å². The predicted octanol–water partition coefficient (Wildman–Crippen LogP) is 3.04. The molecule has 0 aromatic heterocycles. The first-order valence-electron chi connectivity index (χ1n) is 9.33. The van der Waals surface area contributed by atoms with Gasteiger partial charge in [0.2, 0.25) is 0 Å². The first kappa shape index (κ1) is 21.3. The quantitative estimate of drug-likeness (QED) is 0.290. The van der Waals surface area contributed by atoms with Crippen molar-refractivity contribution in [2.75, 3.05) is 10.6 Å². The second-order valence-electron chi connectivity index (χ2n) is 6.58. The number of carbonyl (C=O) groups is 3. The number of nitrogens with zero attached hydrogens (tertiary/aromatic N) is 1. The summed E-state index contributed by atoms with van der Waals surface area (Å²) in [6, 6.07) is 20.0. The van der Waals surface area contributed by atoms with Gasteiger partial charge in [-0.05, 0) is 48.9 Å². The van der Waals surface area contributed by atoms with Crippen LogP contribution in [0.2, 0.25) is 0 Å². The molecular weight excluding hydrogens is 396 g/mol. The van der Waals surface area contributed by atoms with E-state index in [-0.39, 0.29) is 17.0 Å². The van der Waals surface area contributed by atoms with E-state index < -0.39 is 17.7 Å². The van der Waals surface area contributed by atoms with Crippen LogP contribution in [0.4, 0.5) is 11.4 Å². The van der Waals surface area contributed by atoms with Crippen LogP contribution in [0.15, 0.2) is 77.9 Å². The van der Waals surface area contributed by atoms with Gasteiger partial charge >= 0.3 is 11.8 Å². The van der Waals surface area contributed by atoms with Gasteiger partial charge in [-0.3, -0.25) is 14.4 Å². The lowest BCUT2D eigenvalue weighted by atomic mass is 10.1. The van der Waals surface area contributed by atoms with Crippen LogP contribution >= 0.6 is 0 Å². The molecule has 0 radical (unpaired) electrons. The Bertz CT molecular complexity index is 1160. The summed E-state index contributed by atoms with van der Waals surface area (Å²) in [5, 5.41) is 18.5. The van der Waals surface area contributed by atoms with Crippen molar-refractivity contribution in [2.24, 2.45) is 5.10 Å². The van der Waals surface area contributed by atoms with Crippen LogP contribution in [0.1, 0.15) is 21.5 Å². The van der Waals surface area contributed by atoms with Crippen molar-refractivity contribution >= 4 is 35.3 Å². The van der Waals surface area contributed by atoms with Gasteiger partial charge in [0.15, 0.2) is 0 Å². The molecule has 0 saturated heterocycles. The highest BCUT2D eigenvalue weighted by Crippen LogP contribution is 2.18. The van der Waals surface area contributed by atoms with Crippen LogP contribution in [0, 0.1) is 6.92 Å². The third-order valence-corrected chi connectivity index (χ3v) is 4.21. The molecule has 31 heavy (non-hydrogen) atoms. The number of hydrogen-bond acceptors (Lipinski definition) is 5. The topological polar surface area (TPSA) is 120 Å². The molecule has 4 N–H and O–H groups in total. The Morgan fingerprint density at radius 3 is 2.39 bits per heavy atom. The maximum atomic E-state index is 12.6. The summed E-state index contributed by atoms with van der Waals surface area (Å²) in [6.45, 7) is 1.91. The fourth-order valence-corrected chi connectivity index (χ4v) is 2.70. The maximum Gasteiger partial charge on any atom is 0.329 e. The van der Waals surface area contributed by atoms with Crippen molar-refractivity contribution in [3.8, 4) is 5.75 Å². The third kappa shape index (κ3) is 5.77. The Balaban J connectivity index is 1.65. The molecule has 0 saturated carbocycles. The molecule has 0 atom stereocenters. The minimum atomic E-state index is -1.03. The summed E-state index contributed by atoms with van der Waals surface area (Å²) in [7, 11) is 0. The Labute approximate surface area is 178 Å². The number of phenolic OH excluding ortho intramolecular Hbond substituents is 1. The highest BCUT2D eigenvalue weighted by molar-refractivity contribution is 6.40. The van der Waals surface area contributed by atoms with Gasteiger partial charge in [0, 0.05) is 11.3 Å². The van der Waals surface area contributed by atoms with E-state index in [0.717, 1.165) is 5.56 Å². The molecule has 3 rings (SSSR count). The fraction of sp³-hybridized carbons (Fsp3) is 0.0435. The average molecular weight is 416 g/mol. The smallest absolute Gasteiger partial charge is 0.329 e. The third-order valence-electron chi connectivity index (χ3n) is 4.21. The summed E-state index contributed by atoms with van der Waals surface area (Å²) >= 11 is 0. The Hall–Kier alpha value is -4.46. The predicted molar refractivity (Wildman–Crippen MR) is 118 cm³/mol. The monoisotopic (exact) mass is 416 g/mol. The molecule has 0 unspecified atom stereocenters. The number of nitrogens with one attached hydrogen (secondary N) is 3. The van der Waals surface area contributed by atoms with E-state index in [9.17, 15) is 19.5 Å². The number of hydrazone groups is 1. The number of anilines is 2. The SMILES string of the molecule is Cc1cccc(NC(=O)c2ccccc2NC(=O)C(=O)N/N=C/c2ccccc2O)c1. The van der Waals surface area contributed by atoms with E-state index in [1.54, 1.807) is 36.4 Å². The average Bonchev–Trinajstić information content (AvgIpc) is 2.75. The summed E-state index contributed by atoms with van der Waals surface area (Å²) < 4.78 is 0. The number of phenols is 1. The molecule has 8 heteroatoms. The van der Waals surface area contributed by atoms with Crippen LogP contribution < -0.4 is 16.1 Å². The fourth-order valence-electron chi connectivity index (χ4n) is 2.70. The molecule has 3 aromatic carbocycles. The van der Waals surface area contributed by atoms with Crippen LogP contribution in [0.25, 0.3) is 0 Å². The molecule has 0 spiro atoms. The van der Waals surface area contributed by atoms with Crippen molar-refractivity contribution < 1.29 is 19.5 Å². The van der Waals surface area contributed by atoms with E-state index >= 15 is 0 Å². The Kier molecular flexibility index (Phi) is 6.74. The normalized spacial score (nSPS) is 10.5. The van der Waals surface area contributed by atoms with E-state index in [4.69, 9.17) is 0 Å². The van der Waals surface area contributed by atoms with Gasteiger partial charge in [0.05, 0.1) is 17.5 Å². The van der Waals surface area contributed by atoms with E-state index in [2.05, 4.69) is 21.2 Å². The van der Waals surface area contributed by atoms with Crippen LogP contribution in [0.5, 0.6) is 5.75 Å². The van der Waals surface area contributed by atoms with Crippen molar-refractivity contribution in [2.45, 2.75) is 6.92 Å². The molecule has 0 fully saturated rings. The standard InChI is InChI=1S/C23H20N4O4/c1-15-7-6-9-17(13-15)25-21(29)18-10-3-4-11-19(18)26-22(30)23(31)27-24-14-16-8-2-5-12-20(16)28/h2-14,28H,1H3,(H,25,29)(H,26,30)(H,27,31)/b24-14+. The van der Waals surface area contributed by atoms with Gasteiger partial charge in [0.1, 0.15) is 5.75 Å². The van der Waals surface area contributed by atoms with Crippen molar-refractivity contribution in [1.82, 2.24) is 5.43 Å². The molecule has 156 valence electrons. The molecule has 3 aromatic rings. The molecule has 0 bridgehead atoms. The second-order valence-corrected chi connectivity index (χ2v) is 6.58. The minimum Gasteiger partial charge on any atom is -0.507 e. The van der Waals surface area contributed by atoms with Gasteiger partial charge in [0.25, 0.3) is 5.91 Å². The van der Waals surface area contributed by atoms with Crippen molar-refractivity contribution in [3.05, 3.63) is 89.5 Å². The second kappa shape index (κ2) is 9.84. The Morgan fingerprint density at radius 2 is 1.61 bits per heavy atom. The number of hydrogen-bond donors (Lipinski definition) is 4. The number of aromatic hydroxyl groups is 1. The zero-order chi connectivity index (χ0) is 22.2. The van der Waals surface area contributed by atoms with Gasteiger partial charge in [-0.1, -0.05) is 36.4 Å². The van der Waals surface area contributed by atoms with E-state index in [1.165, 1.54) is 24.4 Å². The molecule has 3 amide bonds. The van der Waals surface area contributed by atoms with Gasteiger partial charge in [-0.2, -0.15) is 5.10 Å². The van der Waals surface area contributed by atoms with Gasteiger partial charge < -0.3 is 15.7 Å². The number of aryl methyl sites for hydroxylation is 1. The van der Waals surface area contributed by atoms with E-state index in [0.29, 0.717) is 11.3 Å². The lowest BCUT2D eigenvalue weighted by molar-refractivity contribution is -0.136. The molecule has 0 heterocycles. The highest BCUT2D eigenvalue weighted by Gasteiger charge is 2.17. The number of benzene rings is 3. The van der Waals surface area contributed by atoms with Crippen LogP contribution in [-0.4, -0.2) is 29.0 Å². The number of rotatable bonds is 5. The summed E-state index contributed by atoms with van der Waals surface area (Å²) in [5.74, 6) is -2.47. The number of amides is 3. The maximum absolute atomic E-state index is 12.6. The summed E-state index contributed by atoms with van der Waals surface area (Å²) in [6.07, 6.45) is 1.21. The van der Waals surface area contributed by atoms with Crippen molar-refractivity contribution in [1.29, 1.82) is 0 Å². The Morgan fingerprint density at radius 1 is 0.871 bits per heavy atom. The number of carbonyl (C=O) groups excluding carboxylic acids is 3.